The van der Waals surface area contributed by atoms with Crippen LogP contribution in [0.2, 0.25) is 0 Å². The molecule has 0 saturated carbocycles. The number of furan rings is 1. The number of nitrogens with zero attached hydrogens (tertiary/aromatic N) is 1. The second-order valence-electron chi connectivity index (χ2n) is 6.75. The van der Waals surface area contributed by atoms with Gasteiger partial charge in [-0.15, -0.1) is 6.58 Å². The summed E-state index contributed by atoms with van der Waals surface area (Å²) in [6.07, 6.45) is 5.88. The van der Waals surface area contributed by atoms with Crippen molar-refractivity contribution < 1.29 is 18.8 Å². The van der Waals surface area contributed by atoms with E-state index in [9.17, 15) is 14.4 Å². The third kappa shape index (κ3) is 5.47. The van der Waals surface area contributed by atoms with Gasteiger partial charge in [-0.2, -0.15) is 0 Å². The maximum atomic E-state index is 12.3. The largest absolute Gasteiger partial charge is 0.472 e. The maximum absolute atomic E-state index is 12.3. The van der Waals surface area contributed by atoms with Crippen LogP contribution in [-0.2, 0) is 0 Å². The molecule has 1 fully saturated rings. The highest BCUT2D eigenvalue weighted by Crippen LogP contribution is 2.15. The molecule has 1 aliphatic rings. The number of hydrogen-bond donors (Lipinski definition) is 3. The van der Waals surface area contributed by atoms with Gasteiger partial charge in [-0.1, -0.05) is 6.08 Å². The summed E-state index contributed by atoms with van der Waals surface area (Å²) in [5.74, 6) is -0.253. The van der Waals surface area contributed by atoms with E-state index in [1.807, 2.05) is 0 Å². The summed E-state index contributed by atoms with van der Waals surface area (Å²) in [4.78, 5) is 38.2. The van der Waals surface area contributed by atoms with Crippen LogP contribution in [0.5, 0.6) is 0 Å². The number of urea groups is 1. The molecule has 152 valence electrons. The third-order valence-electron chi connectivity index (χ3n) is 4.70. The highest BCUT2D eigenvalue weighted by Gasteiger charge is 2.25. The zero-order valence-corrected chi connectivity index (χ0v) is 16.0. The molecule has 29 heavy (non-hydrogen) atoms. The van der Waals surface area contributed by atoms with Crippen LogP contribution in [0, 0.1) is 0 Å². The van der Waals surface area contributed by atoms with E-state index >= 15 is 0 Å². The number of piperidine rings is 1. The van der Waals surface area contributed by atoms with Crippen molar-refractivity contribution >= 4 is 23.5 Å². The molecule has 2 aromatic rings. The number of anilines is 1. The van der Waals surface area contributed by atoms with Crippen molar-refractivity contribution in [3.05, 3.63) is 66.6 Å². The third-order valence-corrected chi connectivity index (χ3v) is 4.70. The Hall–Kier alpha value is -3.55. The van der Waals surface area contributed by atoms with Gasteiger partial charge in [0.15, 0.2) is 0 Å². The molecular weight excluding hydrogens is 372 g/mol. The zero-order valence-electron chi connectivity index (χ0n) is 16.0. The Labute approximate surface area is 168 Å². The van der Waals surface area contributed by atoms with Crippen LogP contribution in [0.1, 0.15) is 33.6 Å². The molecule has 0 unspecified atom stereocenters. The predicted molar refractivity (Wildman–Crippen MR) is 109 cm³/mol. The lowest BCUT2D eigenvalue weighted by atomic mass is 10.0. The van der Waals surface area contributed by atoms with Crippen LogP contribution in [0.25, 0.3) is 0 Å². The molecule has 1 saturated heterocycles. The quantitative estimate of drug-likeness (QED) is 0.653. The zero-order chi connectivity index (χ0) is 20.6. The summed E-state index contributed by atoms with van der Waals surface area (Å²) in [6, 6.07) is 7.97. The first-order valence-electron chi connectivity index (χ1n) is 9.45. The average Bonchev–Trinajstić information content (AvgIpc) is 3.27. The van der Waals surface area contributed by atoms with Crippen molar-refractivity contribution in [1.29, 1.82) is 0 Å². The summed E-state index contributed by atoms with van der Waals surface area (Å²) in [5.41, 5.74) is 1.64. The molecule has 0 spiro atoms. The summed E-state index contributed by atoms with van der Waals surface area (Å²) in [7, 11) is 0. The molecule has 0 bridgehead atoms. The average molecular weight is 396 g/mol. The van der Waals surface area contributed by atoms with Crippen LogP contribution in [-0.4, -0.2) is 48.4 Å². The molecule has 0 aliphatic carbocycles. The monoisotopic (exact) mass is 396 g/mol. The maximum Gasteiger partial charge on any atom is 0.319 e. The summed E-state index contributed by atoms with van der Waals surface area (Å²) in [5, 5.41) is 8.39. The predicted octanol–water partition coefficient (Wildman–Crippen LogP) is 2.62. The van der Waals surface area contributed by atoms with Crippen molar-refractivity contribution in [3.8, 4) is 0 Å². The topological polar surface area (TPSA) is 104 Å². The fourth-order valence-corrected chi connectivity index (χ4v) is 3.12. The van der Waals surface area contributed by atoms with E-state index in [0.29, 0.717) is 49.3 Å². The van der Waals surface area contributed by atoms with Crippen molar-refractivity contribution in [2.45, 2.75) is 18.9 Å². The van der Waals surface area contributed by atoms with Gasteiger partial charge in [0.1, 0.15) is 6.26 Å². The van der Waals surface area contributed by atoms with E-state index in [4.69, 9.17) is 4.42 Å². The highest BCUT2D eigenvalue weighted by atomic mass is 16.3. The van der Waals surface area contributed by atoms with Crippen molar-refractivity contribution in [2.24, 2.45) is 0 Å². The Kier molecular flexibility index (Phi) is 6.67. The van der Waals surface area contributed by atoms with Crippen LogP contribution >= 0.6 is 0 Å². The van der Waals surface area contributed by atoms with E-state index < -0.39 is 0 Å². The molecule has 4 amide bonds. The summed E-state index contributed by atoms with van der Waals surface area (Å²) < 4.78 is 4.96. The Bertz CT molecular complexity index is 853. The SMILES string of the molecule is C=CCNC(=O)c1ccc(NC(=O)NC2CCN(C(=O)c3ccoc3)CC2)cc1. The van der Waals surface area contributed by atoms with Crippen LogP contribution in [0.3, 0.4) is 0 Å². The van der Waals surface area contributed by atoms with E-state index in [2.05, 4.69) is 22.5 Å². The molecule has 8 nitrogen and oxygen atoms in total. The lowest BCUT2D eigenvalue weighted by molar-refractivity contribution is 0.0708. The second kappa shape index (κ2) is 9.59. The number of nitrogens with one attached hydrogen (secondary N) is 3. The van der Waals surface area contributed by atoms with Gasteiger partial charge in [-0.3, -0.25) is 9.59 Å². The molecule has 1 aromatic heterocycles. The number of likely N-dealkylation sites (tertiary alicyclic amines) is 1. The number of carbonyl (C=O) groups is 3. The van der Waals surface area contributed by atoms with Gasteiger partial charge in [-0.25, -0.2) is 4.79 Å². The summed E-state index contributed by atoms with van der Waals surface area (Å²) in [6.45, 7) is 5.10. The molecule has 3 N–H and O–H groups in total. The number of carbonyl (C=O) groups excluding carboxylic acids is 3. The Balaban J connectivity index is 1.43. The Morgan fingerprint density at radius 3 is 2.45 bits per heavy atom. The van der Waals surface area contributed by atoms with Crippen LogP contribution in [0.4, 0.5) is 10.5 Å². The normalized spacial score (nSPS) is 14.1. The smallest absolute Gasteiger partial charge is 0.319 e. The molecule has 0 atom stereocenters. The minimum absolute atomic E-state index is 0.00708. The minimum atomic E-state index is -0.312. The lowest BCUT2D eigenvalue weighted by Gasteiger charge is -2.32. The molecule has 0 radical (unpaired) electrons. The van der Waals surface area contributed by atoms with E-state index in [1.165, 1.54) is 12.5 Å². The fourth-order valence-electron chi connectivity index (χ4n) is 3.12. The number of rotatable bonds is 6. The second-order valence-corrected chi connectivity index (χ2v) is 6.75. The molecule has 2 heterocycles. The van der Waals surface area contributed by atoms with Gasteiger partial charge in [-0.05, 0) is 43.2 Å². The van der Waals surface area contributed by atoms with E-state index in [0.717, 1.165) is 0 Å². The van der Waals surface area contributed by atoms with Crippen LogP contribution < -0.4 is 16.0 Å². The Morgan fingerprint density at radius 1 is 1.10 bits per heavy atom. The lowest BCUT2D eigenvalue weighted by Crippen LogP contribution is -2.47. The minimum Gasteiger partial charge on any atom is -0.472 e. The van der Waals surface area contributed by atoms with Gasteiger partial charge < -0.3 is 25.3 Å². The molecule has 3 rings (SSSR count). The van der Waals surface area contributed by atoms with Gasteiger partial charge >= 0.3 is 6.03 Å². The fraction of sp³-hybridized carbons (Fsp3) is 0.286. The van der Waals surface area contributed by atoms with Crippen molar-refractivity contribution in [2.75, 3.05) is 25.0 Å². The van der Waals surface area contributed by atoms with E-state index in [-0.39, 0.29) is 23.9 Å². The first-order valence-corrected chi connectivity index (χ1v) is 9.45. The summed E-state index contributed by atoms with van der Waals surface area (Å²) >= 11 is 0. The van der Waals surface area contributed by atoms with Gasteiger partial charge in [0.05, 0.1) is 11.8 Å². The van der Waals surface area contributed by atoms with Crippen molar-refractivity contribution in [1.82, 2.24) is 15.5 Å². The molecular formula is C21H24N4O4. The van der Waals surface area contributed by atoms with E-state index in [1.54, 1.807) is 41.3 Å². The van der Waals surface area contributed by atoms with Gasteiger partial charge in [0.2, 0.25) is 0 Å². The number of benzene rings is 1. The van der Waals surface area contributed by atoms with Crippen LogP contribution in [0.15, 0.2) is 59.9 Å². The first-order chi connectivity index (χ1) is 14.1. The first kappa shape index (κ1) is 20.2. The number of hydrogen-bond acceptors (Lipinski definition) is 4. The van der Waals surface area contributed by atoms with Gasteiger partial charge in [0.25, 0.3) is 11.8 Å². The number of amides is 4. The molecule has 1 aliphatic heterocycles. The highest BCUT2D eigenvalue weighted by molar-refractivity contribution is 5.96. The Morgan fingerprint density at radius 2 is 1.83 bits per heavy atom. The molecule has 1 aromatic carbocycles. The molecule has 8 heteroatoms. The van der Waals surface area contributed by atoms with Crippen molar-refractivity contribution in [3.63, 3.8) is 0 Å². The van der Waals surface area contributed by atoms with Gasteiger partial charge in [0, 0.05) is 36.9 Å². The standard InChI is InChI=1S/C21H24N4O4/c1-2-10-22-19(26)15-3-5-17(6-4-15)23-21(28)24-18-7-11-25(12-8-18)20(27)16-9-13-29-14-16/h2-6,9,13-14,18H,1,7-8,10-12H2,(H,22,26)(H2,23,24,28).